The fourth-order valence-corrected chi connectivity index (χ4v) is 4.91. The molecule has 0 saturated carbocycles. The van der Waals surface area contributed by atoms with Gasteiger partial charge in [-0.25, -0.2) is 4.98 Å². The molecule has 0 atom stereocenters. The second-order valence-electron chi connectivity index (χ2n) is 7.39. The first-order chi connectivity index (χ1) is 12.7. The van der Waals surface area contributed by atoms with E-state index in [0.29, 0.717) is 0 Å². The number of aryl methyl sites for hydroxylation is 1. The van der Waals surface area contributed by atoms with Crippen molar-refractivity contribution in [1.82, 2.24) is 9.88 Å². The second kappa shape index (κ2) is 6.22. The van der Waals surface area contributed by atoms with E-state index >= 15 is 0 Å². The molecule has 2 aliphatic rings. The Balaban J connectivity index is 1.30. The maximum atomic E-state index is 5.90. The first-order valence-electron chi connectivity index (χ1n) is 9.23. The smallest absolute Gasteiger partial charge is 0.227 e. The highest BCUT2D eigenvalue weighted by Crippen LogP contribution is 2.43. The third-order valence-corrected chi connectivity index (χ3v) is 6.54. The minimum absolute atomic E-state index is 0.244. The number of nitrogens with zero attached hydrogens (tertiary/aromatic N) is 2. The molecule has 0 amide bonds. The van der Waals surface area contributed by atoms with E-state index in [1.807, 2.05) is 6.92 Å². The van der Waals surface area contributed by atoms with Crippen LogP contribution in [0.2, 0.25) is 0 Å². The summed E-state index contributed by atoms with van der Waals surface area (Å²) in [6.07, 6.45) is 7.09. The Morgan fingerprint density at radius 3 is 2.85 bits per heavy atom. The number of aromatic nitrogens is 1. The van der Waals surface area contributed by atoms with Gasteiger partial charge in [0.15, 0.2) is 0 Å². The van der Waals surface area contributed by atoms with E-state index in [9.17, 15) is 0 Å². The van der Waals surface area contributed by atoms with Gasteiger partial charge in [-0.3, -0.25) is 4.90 Å². The molecule has 1 saturated heterocycles. The summed E-state index contributed by atoms with van der Waals surface area (Å²) in [7, 11) is 0. The van der Waals surface area contributed by atoms with Gasteiger partial charge in [0, 0.05) is 22.9 Å². The Kier molecular flexibility index (Phi) is 3.84. The van der Waals surface area contributed by atoms with Gasteiger partial charge in [0.25, 0.3) is 0 Å². The van der Waals surface area contributed by atoms with Crippen molar-refractivity contribution >= 4 is 17.4 Å². The summed E-state index contributed by atoms with van der Waals surface area (Å²) in [5.74, 6) is 1.69. The van der Waals surface area contributed by atoms with Gasteiger partial charge < -0.3 is 4.42 Å². The monoisotopic (exact) mass is 362 g/mol. The largest absolute Gasteiger partial charge is 0.441 e. The molecule has 132 valence electrons. The highest BCUT2D eigenvalue weighted by molar-refractivity contribution is 7.08. The van der Waals surface area contributed by atoms with Crippen LogP contribution in [0.1, 0.15) is 35.4 Å². The van der Waals surface area contributed by atoms with Gasteiger partial charge in [-0.2, -0.15) is 11.3 Å². The van der Waals surface area contributed by atoms with Gasteiger partial charge >= 0.3 is 0 Å². The van der Waals surface area contributed by atoms with E-state index < -0.39 is 0 Å². The number of rotatable bonds is 3. The number of benzene rings is 1. The van der Waals surface area contributed by atoms with Gasteiger partial charge in [0.05, 0.1) is 5.69 Å². The van der Waals surface area contributed by atoms with Crippen LogP contribution in [0.15, 0.2) is 51.6 Å². The molecule has 0 bridgehead atoms. The van der Waals surface area contributed by atoms with E-state index in [0.717, 1.165) is 42.5 Å². The molecule has 1 fully saturated rings. The van der Waals surface area contributed by atoms with Crippen LogP contribution in [-0.2, 0) is 12.0 Å². The van der Waals surface area contributed by atoms with Gasteiger partial charge in [0.2, 0.25) is 5.89 Å². The van der Waals surface area contributed by atoms with Crippen molar-refractivity contribution < 1.29 is 4.42 Å². The predicted octanol–water partition coefficient (Wildman–Crippen LogP) is 5.27. The molecule has 5 rings (SSSR count). The molecule has 3 nitrogen and oxygen atoms in total. The summed E-state index contributed by atoms with van der Waals surface area (Å²) in [6, 6.07) is 10.9. The number of likely N-dealkylation sites (tertiary alicyclic amines) is 1. The Morgan fingerprint density at radius 2 is 2.04 bits per heavy atom. The lowest BCUT2D eigenvalue weighted by atomic mass is 9.74. The molecule has 26 heavy (non-hydrogen) atoms. The first kappa shape index (κ1) is 16.0. The highest BCUT2D eigenvalue weighted by atomic mass is 32.1. The molecule has 1 aliphatic heterocycles. The quantitative estimate of drug-likeness (QED) is 0.635. The summed E-state index contributed by atoms with van der Waals surface area (Å²) in [5.41, 5.74) is 5.30. The zero-order chi connectivity index (χ0) is 17.6. The maximum Gasteiger partial charge on any atom is 0.227 e. The third-order valence-electron chi connectivity index (χ3n) is 5.86. The Hall–Kier alpha value is -2.17. The normalized spacial score (nSPS) is 18.5. The zero-order valence-corrected chi connectivity index (χ0v) is 15.8. The summed E-state index contributed by atoms with van der Waals surface area (Å²) in [5, 5.41) is 4.15. The number of hydrogen-bond acceptors (Lipinski definition) is 4. The van der Waals surface area contributed by atoms with Crippen LogP contribution in [0.4, 0.5) is 0 Å². The first-order valence-corrected chi connectivity index (χ1v) is 10.2. The number of fused-ring (bicyclic) bond motifs is 2. The second-order valence-corrected chi connectivity index (χ2v) is 8.17. The minimum Gasteiger partial charge on any atom is -0.441 e. The summed E-state index contributed by atoms with van der Waals surface area (Å²) in [6.45, 7) is 5.10. The summed E-state index contributed by atoms with van der Waals surface area (Å²) in [4.78, 5) is 7.27. The van der Waals surface area contributed by atoms with Gasteiger partial charge in [-0.1, -0.05) is 36.4 Å². The zero-order valence-electron chi connectivity index (χ0n) is 14.9. The Labute approximate surface area is 158 Å². The van der Waals surface area contributed by atoms with Crippen LogP contribution in [0.3, 0.4) is 0 Å². The average molecular weight is 362 g/mol. The molecule has 3 aromatic rings. The van der Waals surface area contributed by atoms with E-state index in [4.69, 9.17) is 9.40 Å². The van der Waals surface area contributed by atoms with Crippen molar-refractivity contribution in [3.63, 3.8) is 0 Å². The molecular formula is C22H22N2OS. The Morgan fingerprint density at radius 1 is 1.19 bits per heavy atom. The standard InChI is InChI=1S/C22H22N2OS/c1-16-20(23-21(25-16)18-7-13-26-15-18)14-24-11-9-22(10-12-24)8-6-17-4-2-3-5-19(17)22/h2-8,13,15H,9-12,14H2,1H3. The molecule has 0 N–H and O–H groups in total. The number of thiophene rings is 1. The Bertz CT molecular complexity index is 946. The number of hydrogen-bond donors (Lipinski definition) is 0. The lowest BCUT2D eigenvalue weighted by Crippen LogP contribution is -2.40. The van der Waals surface area contributed by atoms with Crippen molar-refractivity contribution in [3.05, 3.63) is 69.7 Å². The van der Waals surface area contributed by atoms with Crippen LogP contribution >= 0.6 is 11.3 Å². The van der Waals surface area contributed by atoms with Crippen LogP contribution in [0, 0.1) is 6.92 Å². The molecule has 0 unspecified atom stereocenters. The van der Waals surface area contributed by atoms with Crippen LogP contribution in [0.25, 0.3) is 17.5 Å². The van der Waals surface area contributed by atoms with Crippen LogP contribution in [-0.4, -0.2) is 23.0 Å². The summed E-state index contributed by atoms with van der Waals surface area (Å²) < 4.78 is 5.90. The maximum absolute atomic E-state index is 5.90. The topological polar surface area (TPSA) is 29.3 Å². The predicted molar refractivity (Wildman–Crippen MR) is 106 cm³/mol. The van der Waals surface area contributed by atoms with Crippen LogP contribution in [0.5, 0.6) is 0 Å². The number of oxazole rings is 1. The van der Waals surface area contributed by atoms with Crippen molar-refractivity contribution in [2.75, 3.05) is 13.1 Å². The van der Waals surface area contributed by atoms with E-state index in [1.54, 1.807) is 11.3 Å². The van der Waals surface area contributed by atoms with Crippen molar-refractivity contribution in [3.8, 4) is 11.5 Å². The molecular weight excluding hydrogens is 340 g/mol. The van der Waals surface area contributed by atoms with Crippen molar-refractivity contribution in [2.45, 2.75) is 31.7 Å². The highest BCUT2D eigenvalue weighted by Gasteiger charge is 2.37. The van der Waals surface area contributed by atoms with Crippen molar-refractivity contribution in [2.24, 2.45) is 0 Å². The lowest BCUT2D eigenvalue weighted by Gasteiger charge is -2.39. The van der Waals surface area contributed by atoms with Crippen molar-refractivity contribution in [1.29, 1.82) is 0 Å². The fraction of sp³-hybridized carbons (Fsp3) is 0.318. The van der Waals surface area contributed by atoms with Crippen LogP contribution < -0.4 is 0 Å². The molecule has 1 spiro atoms. The van der Waals surface area contributed by atoms with Gasteiger partial charge in [-0.15, -0.1) is 0 Å². The molecule has 3 heterocycles. The van der Waals surface area contributed by atoms with Gasteiger partial charge in [-0.05, 0) is 55.4 Å². The third kappa shape index (κ3) is 2.65. The molecule has 0 radical (unpaired) electrons. The number of piperidine rings is 1. The van der Waals surface area contributed by atoms with E-state index in [-0.39, 0.29) is 5.41 Å². The summed E-state index contributed by atoms with van der Waals surface area (Å²) >= 11 is 1.67. The van der Waals surface area contributed by atoms with E-state index in [2.05, 4.69) is 58.1 Å². The SMILES string of the molecule is Cc1oc(-c2ccsc2)nc1CN1CCC2(C=Cc3ccccc32)CC1. The fourth-order valence-electron chi connectivity index (χ4n) is 4.28. The average Bonchev–Trinajstić information content (AvgIpc) is 3.39. The molecule has 2 aromatic heterocycles. The van der Waals surface area contributed by atoms with E-state index in [1.165, 1.54) is 24.0 Å². The number of allylic oxidation sites excluding steroid dienone is 1. The molecule has 4 heteroatoms. The lowest BCUT2D eigenvalue weighted by molar-refractivity contribution is 0.175. The minimum atomic E-state index is 0.244. The molecule has 1 aromatic carbocycles. The molecule has 1 aliphatic carbocycles. The van der Waals surface area contributed by atoms with Gasteiger partial charge in [0.1, 0.15) is 5.76 Å².